The third-order valence-electron chi connectivity index (χ3n) is 7.37. The molecule has 1 saturated carbocycles. The van der Waals surface area contributed by atoms with Gasteiger partial charge in [0, 0.05) is 17.5 Å². The maximum absolute atomic E-state index is 14.0. The van der Waals surface area contributed by atoms with E-state index in [1.165, 1.54) is 32.2 Å². The number of aliphatic hydroxyl groups is 1. The van der Waals surface area contributed by atoms with Crippen LogP contribution >= 0.6 is 46.4 Å². The number of carbonyl (C=O) groups is 3. The van der Waals surface area contributed by atoms with Gasteiger partial charge in [0.2, 0.25) is 0 Å². The van der Waals surface area contributed by atoms with Crippen LogP contribution in [0.2, 0.25) is 5.02 Å². The third-order valence-corrected chi connectivity index (χ3v) is 8.17. The number of halogens is 5. The maximum Gasteiger partial charge on any atom is 0.322 e. The number of pyridine rings is 1. The second-order valence-corrected chi connectivity index (χ2v) is 14.4. The van der Waals surface area contributed by atoms with Crippen molar-refractivity contribution in [3.8, 4) is 22.8 Å². The predicted octanol–water partition coefficient (Wildman–Crippen LogP) is 7.39. The van der Waals surface area contributed by atoms with Crippen molar-refractivity contribution in [2.24, 2.45) is 0 Å². The molecule has 0 saturated heterocycles. The SMILES string of the molecule is COc1cc(C(=O)CCC(C)(O)c2cc(C(C)(C)NC(=O)NC(=O)C(Cl)(Cl)Cl)cc(-c3ccc(F)c(Cl)c3)n2)ccc1OC1CC1. The van der Waals surface area contributed by atoms with Crippen molar-refractivity contribution in [1.82, 2.24) is 15.6 Å². The van der Waals surface area contributed by atoms with Crippen molar-refractivity contribution >= 4 is 64.1 Å². The van der Waals surface area contributed by atoms with E-state index in [1.807, 2.05) is 5.32 Å². The lowest BCUT2D eigenvalue weighted by Gasteiger charge is -2.30. The zero-order valence-corrected chi connectivity index (χ0v) is 28.4. The molecule has 0 radical (unpaired) electrons. The van der Waals surface area contributed by atoms with E-state index >= 15 is 0 Å². The minimum atomic E-state index is -2.37. The van der Waals surface area contributed by atoms with Crippen LogP contribution in [-0.2, 0) is 15.9 Å². The highest BCUT2D eigenvalue weighted by Crippen LogP contribution is 2.36. The highest BCUT2D eigenvalue weighted by atomic mass is 35.6. The quantitative estimate of drug-likeness (QED) is 0.140. The number of aromatic nitrogens is 1. The Morgan fingerprint density at radius 2 is 1.72 bits per heavy atom. The van der Waals surface area contributed by atoms with E-state index in [1.54, 1.807) is 44.2 Å². The molecule has 1 aliphatic rings. The van der Waals surface area contributed by atoms with E-state index in [4.69, 9.17) is 55.9 Å². The Morgan fingerprint density at radius 1 is 1.02 bits per heavy atom. The summed E-state index contributed by atoms with van der Waals surface area (Å²) in [6.45, 7) is 4.78. The average Bonchev–Trinajstić information content (AvgIpc) is 3.80. The number of urea groups is 1. The highest BCUT2D eigenvalue weighted by Gasteiger charge is 2.35. The van der Waals surface area contributed by atoms with Gasteiger partial charge in [0.05, 0.1) is 35.2 Å². The largest absolute Gasteiger partial charge is 0.493 e. The third kappa shape index (κ3) is 9.01. The van der Waals surface area contributed by atoms with Crippen LogP contribution in [0.4, 0.5) is 9.18 Å². The molecular weight excluding hydrogens is 683 g/mol. The maximum atomic E-state index is 14.0. The Balaban J connectivity index is 1.62. The Labute approximate surface area is 285 Å². The lowest BCUT2D eigenvalue weighted by atomic mass is 9.87. The summed E-state index contributed by atoms with van der Waals surface area (Å²) in [6, 6.07) is 11.2. The number of imide groups is 1. The van der Waals surface area contributed by atoms with Crippen molar-refractivity contribution in [1.29, 1.82) is 0 Å². The molecular formula is C32H32Cl4FN3O6. The number of nitrogens with zero attached hydrogens (tertiary/aromatic N) is 1. The number of methoxy groups -OCH3 is 1. The number of hydrogen-bond donors (Lipinski definition) is 3. The molecule has 3 aromatic rings. The number of Topliss-reactive ketones (excluding diaryl/α,β-unsaturated/α-hetero) is 1. The topological polar surface area (TPSA) is 127 Å². The summed E-state index contributed by atoms with van der Waals surface area (Å²) in [6.07, 6.45) is 2.02. The summed E-state index contributed by atoms with van der Waals surface area (Å²) in [5.41, 5.74) is -1.13. The van der Waals surface area contributed by atoms with Crippen LogP contribution in [0.5, 0.6) is 11.5 Å². The van der Waals surface area contributed by atoms with Gasteiger partial charge in [-0.25, -0.2) is 14.2 Å². The number of carbonyl (C=O) groups excluding carboxylic acids is 3. The Bertz CT molecular complexity index is 1660. The fourth-order valence-electron chi connectivity index (χ4n) is 4.47. The van der Waals surface area contributed by atoms with E-state index in [0.29, 0.717) is 33.9 Å². The predicted molar refractivity (Wildman–Crippen MR) is 174 cm³/mol. The van der Waals surface area contributed by atoms with Crippen LogP contribution in [0.15, 0.2) is 48.5 Å². The molecule has 3 amide bonds. The summed E-state index contributed by atoms with van der Waals surface area (Å²) >= 11 is 22.7. The van der Waals surface area contributed by atoms with E-state index in [2.05, 4.69) is 10.3 Å². The lowest BCUT2D eigenvalue weighted by Crippen LogP contribution is -2.50. The lowest BCUT2D eigenvalue weighted by molar-refractivity contribution is -0.119. The van der Waals surface area contributed by atoms with E-state index in [0.717, 1.165) is 12.8 Å². The molecule has 1 aromatic heterocycles. The first-order valence-electron chi connectivity index (χ1n) is 14.2. The Hall–Kier alpha value is -3.15. The molecule has 0 spiro atoms. The van der Waals surface area contributed by atoms with Gasteiger partial charge >= 0.3 is 6.03 Å². The number of amides is 3. The number of nitrogens with one attached hydrogen (secondary N) is 2. The standard InChI is InChI=1S/C32H32Cl4FN3O6/c1-30(2,40-29(43)39-28(42)32(34,35)36)19-15-23(17-5-9-22(37)21(33)13-17)38-27(16-19)31(3,44)12-11-24(41)18-6-10-25(26(14-18)45-4)46-20-7-8-20/h5-6,9-10,13-16,20,44H,7-8,11-12H2,1-4H3,(H2,39,40,42,43). The van der Waals surface area contributed by atoms with Crippen LogP contribution < -0.4 is 20.1 Å². The number of alkyl halides is 3. The molecule has 1 atom stereocenters. The number of rotatable bonds is 11. The van der Waals surface area contributed by atoms with Crippen molar-refractivity contribution < 1.29 is 33.4 Å². The number of hydrogen-bond acceptors (Lipinski definition) is 7. The molecule has 1 unspecified atom stereocenters. The van der Waals surface area contributed by atoms with Gasteiger partial charge in [0.15, 0.2) is 17.3 Å². The molecule has 9 nitrogen and oxygen atoms in total. The monoisotopic (exact) mass is 713 g/mol. The molecule has 0 aliphatic heterocycles. The van der Waals surface area contributed by atoms with Gasteiger partial charge in [-0.15, -0.1) is 0 Å². The summed E-state index contributed by atoms with van der Waals surface area (Å²) in [5.74, 6) is -1.03. The van der Waals surface area contributed by atoms with Crippen LogP contribution in [0.1, 0.15) is 68.1 Å². The van der Waals surface area contributed by atoms with Crippen LogP contribution in [0.25, 0.3) is 11.3 Å². The summed E-state index contributed by atoms with van der Waals surface area (Å²) in [5, 5.41) is 16.1. The second kappa shape index (κ2) is 13.9. The van der Waals surface area contributed by atoms with Crippen molar-refractivity contribution in [3.63, 3.8) is 0 Å². The molecule has 1 heterocycles. The van der Waals surface area contributed by atoms with Crippen LogP contribution in [0.3, 0.4) is 0 Å². The molecule has 46 heavy (non-hydrogen) atoms. The summed E-state index contributed by atoms with van der Waals surface area (Å²) in [4.78, 5) is 42.5. The minimum absolute atomic E-state index is 0.0271. The normalized spacial score (nSPS) is 14.7. The van der Waals surface area contributed by atoms with Gasteiger partial charge in [0.1, 0.15) is 11.4 Å². The summed E-state index contributed by atoms with van der Waals surface area (Å²) in [7, 11) is 1.50. The fraction of sp³-hybridized carbons (Fsp3) is 0.375. The first-order chi connectivity index (χ1) is 21.4. The highest BCUT2D eigenvalue weighted by molar-refractivity contribution is 6.76. The van der Waals surface area contributed by atoms with Crippen LogP contribution in [-0.4, -0.2) is 44.8 Å². The van der Waals surface area contributed by atoms with E-state index in [-0.39, 0.29) is 35.4 Å². The van der Waals surface area contributed by atoms with Gasteiger partial charge in [-0.3, -0.25) is 14.9 Å². The first kappa shape index (κ1) is 35.7. The smallest absolute Gasteiger partial charge is 0.322 e. The molecule has 0 bridgehead atoms. The molecule has 1 aliphatic carbocycles. The first-order valence-corrected chi connectivity index (χ1v) is 15.7. The Kier molecular flexibility index (Phi) is 10.8. The molecule has 2 aromatic carbocycles. The minimum Gasteiger partial charge on any atom is -0.493 e. The zero-order chi connectivity index (χ0) is 34.0. The van der Waals surface area contributed by atoms with Crippen molar-refractivity contribution in [2.75, 3.05) is 7.11 Å². The van der Waals surface area contributed by atoms with Crippen molar-refractivity contribution in [2.45, 2.75) is 67.5 Å². The second-order valence-electron chi connectivity index (χ2n) is 11.7. The number of ketones is 1. The molecule has 1 fully saturated rings. The van der Waals surface area contributed by atoms with Gasteiger partial charge in [-0.1, -0.05) is 46.4 Å². The molecule has 3 N–H and O–H groups in total. The Morgan fingerprint density at radius 3 is 2.33 bits per heavy atom. The van der Waals surface area contributed by atoms with E-state index < -0.39 is 32.7 Å². The van der Waals surface area contributed by atoms with Gasteiger partial charge < -0.3 is 19.9 Å². The molecule has 4 rings (SSSR count). The molecule has 14 heteroatoms. The average molecular weight is 715 g/mol. The number of benzene rings is 2. The van der Waals surface area contributed by atoms with Gasteiger partial charge in [-0.2, -0.15) is 0 Å². The van der Waals surface area contributed by atoms with Gasteiger partial charge in [0.25, 0.3) is 9.70 Å². The number of ether oxygens (including phenoxy) is 2. The fourth-order valence-corrected chi connectivity index (χ4v) is 4.79. The van der Waals surface area contributed by atoms with Crippen molar-refractivity contribution in [3.05, 3.63) is 76.2 Å². The molecule has 246 valence electrons. The van der Waals surface area contributed by atoms with Gasteiger partial charge in [-0.05, 0) is 94.1 Å². The van der Waals surface area contributed by atoms with Crippen LogP contribution in [0, 0.1) is 5.82 Å². The van der Waals surface area contributed by atoms with E-state index in [9.17, 15) is 23.9 Å². The summed E-state index contributed by atoms with van der Waals surface area (Å²) < 4.78 is 22.9. The zero-order valence-electron chi connectivity index (χ0n) is 25.4.